The van der Waals surface area contributed by atoms with E-state index in [2.05, 4.69) is 63.4 Å². The quantitative estimate of drug-likeness (QED) is 0.730. The molecular weight excluding hydrogens is 236 g/mol. The Kier molecular flexibility index (Phi) is 1.22. The van der Waals surface area contributed by atoms with Gasteiger partial charge in [0.15, 0.2) is 0 Å². The Morgan fingerprint density at radius 2 is 1.42 bits per heavy atom. The summed E-state index contributed by atoms with van der Waals surface area (Å²) in [5.41, 5.74) is 4.35. The van der Waals surface area contributed by atoms with E-state index >= 15 is 0 Å². The van der Waals surface area contributed by atoms with E-state index in [1.54, 1.807) is 5.56 Å². The number of nitrogens with zero attached hydrogens (tertiary/aromatic N) is 2. The van der Waals surface area contributed by atoms with Crippen LogP contribution < -0.4 is 20.4 Å². The van der Waals surface area contributed by atoms with Gasteiger partial charge in [0.1, 0.15) is 12.3 Å². The average Bonchev–Trinajstić information content (AvgIpc) is 2.86. The molecule has 1 saturated carbocycles. The minimum absolute atomic E-state index is 0.458. The number of hydrogen-bond donors (Lipinski definition) is 2. The third-order valence-electron chi connectivity index (χ3n) is 5.42. The van der Waals surface area contributed by atoms with Crippen LogP contribution in [0.15, 0.2) is 43.0 Å². The maximum absolute atomic E-state index is 3.54. The highest BCUT2D eigenvalue weighted by Gasteiger charge is 2.67. The van der Waals surface area contributed by atoms with Gasteiger partial charge in [-0.25, -0.2) is 0 Å². The number of nitrogens with one attached hydrogen (secondary N) is 2. The van der Waals surface area contributed by atoms with Gasteiger partial charge in [-0.15, -0.1) is 0 Å². The molecule has 1 aromatic carbocycles. The lowest BCUT2D eigenvalue weighted by atomic mass is 9.95. The lowest BCUT2D eigenvalue weighted by Gasteiger charge is -2.36. The van der Waals surface area contributed by atoms with Crippen molar-refractivity contribution in [1.29, 1.82) is 0 Å². The molecule has 4 unspecified atom stereocenters. The Hall–Kier alpha value is -2.10. The fourth-order valence-corrected chi connectivity index (χ4v) is 4.73. The van der Waals surface area contributed by atoms with Gasteiger partial charge in [0.05, 0.1) is 0 Å². The van der Waals surface area contributed by atoms with E-state index < -0.39 is 0 Å². The van der Waals surface area contributed by atoms with Gasteiger partial charge in [0.2, 0.25) is 0 Å². The monoisotopic (exact) mass is 250 g/mol. The molecule has 4 nitrogen and oxygen atoms in total. The highest BCUT2D eigenvalue weighted by atomic mass is 15.4. The minimum Gasteiger partial charge on any atom is -0.369 e. The summed E-state index contributed by atoms with van der Waals surface area (Å²) in [5, 5.41) is 7.07. The van der Waals surface area contributed by atoms with Crippen LogP contribution >= 0.6 is 0 Å². The zero-order valence-corrected chi connectivity index (χ0v) is 10.3. The van der Waals surface area contributed by atoms with Gasteiger partial charge in [-0.05, 0) is 12.1 Å². The lowest BCUT2D eigenvalue weighted by molar-refractivity contribution is 0.459. The van der Waals surface area contributed by atoms with Crippen LogP contribution in [0.4, 0.5) is 11.4 Å². The highest BCUT2D eigenvalue weighted by Crippen LogP contribution is 2.68. The third kappa shape index (κ3) is 0.802. The van der Waals surface area contributed by atoms with Crippen LogP contribution in [-0.2, 0) is 0 Å². The van der Waals surface area contributed by atoms with Crippen LogP contribution in [0.2, 0.25) is 0 Å². The number of fused-ring (bicyclic) bond motifs is 7. The minimum atomic E-state index is 0.458. The van der Waals surface area contributed by atoms with Crippen LogP contribution in [0, 0.1) is 11.8 Å². The van der Waals surface area contributed by atoms with E-state index in [1.807, 2.05) is 0 Å². The number of hydrogen-bond acceptors (Lipinski definition) is 4. The fourth-order valence-electron chi connectivity index (χ4n) is 4.73. The SMILES string of the molecule is C1=CN2c3cccc4c3C3C(C3C3NC=CN43)C2N1. The molecule has 4 heterocycles. The molecule has 19 heavy (non-hydrogen) atoms. The highest BCUT2D eigenvalue weighted by molar-refractivity contribution is 5.78. The standard InChI is InChI=1S/C15H14N4/c1-2-8-10-9(3-1)19-7-5-17-15(19)13-11(10)12(13)14-16-4-6-18(8)14/h1-7,11-17H. The molecule has 4 heteroatoms. The fraction of sp³-hybridized carbons (Fsp3) is 0.333. The molecule has 1 aliphatic carbocycles. The summed E-state index contributed by atoms with van der Waals surface area (Å²) in [7, 11) is 0. The molecule has 0 radical (unpaired) electrons. The number of anilines is 2. The summed E-state index contributed by atoms with van der Waals surface area (Å²) in [5.74, 6) is 2.19. The van der Waals surface area contributed by atoms with Gasteiger partial charge in [-0.3, -0.25) is 0 Å². The van der Waals surface area contributed by atoms with Crippen LogP contribution in [0.1, 0.15) is 11.5 Å². The van der Waals surface area contributed by atoms with E-state index in [-0.39, 0.29) is 0 Å². The normalized spacial score (nSPS) is 41.4. The predicted molar refractivity (Wildman–Crippen MR) is 73.2 cm³/mol. The first-order valence-corrected chi connectivity index (χ1v) is 7.00. The molecule has 0 bridgehead atoms. The van der Waals surface area contributed by atoms with Crippen molar-refractivity contribution in [1.82, 2.24) is 10.6 Å². The van der Waals surface area contributed by atoms with E-state index in [4.69, 9.17) is 0 Å². The summed E-state index contributed by atoms with van der Waals surface area (Å²) < 4.78 is 0. The largest absolute Gasteiger partial charge is 0.369 e. The molecule has 0 amide bonds. The molecule has 2 N–H and O–H groups in total. The molecule has 1 aromatic rings. The molecule has 0 saturated heterocycles. The van der Waals surface area contributed by atoms with Crippen molar-refractivity contribution in [2.45, 2.75) is 18.2 Å². The van der Waals surface area contributed by atoms with E-state index in [1.165, 1.54) is 11.4 Å². The summed E-state index contributed by atoms with van der Waals surface area (Å²) in [6.45, 7) is 0. The Labute approximate surface area is 111 Å². The number of benzene rings is 1. The van der Waals surface area contributed by atoms with E-state index in [9.17, 15) is 0 Å². The van der Waals surface area contributed by atoms with Crippen molar-refractivity contribution in [3.63, 3.8) is 0 Å². The molecule has 6 rings (SSSR count). The topological polar surface area (TPSA) is 30.5 Å². The third-order valence-corrected chi connectivity index (χ3v) is 5.42. The van der Waals surface area contributed by atoms with Crippen molar-refractivity contribution in [2.24, 2.45) is 11.8 Å². The Balaban J connectivity index is 1.68. The maximum atomic E-state index is 3.54. The second-order valence-electron chi connectivity index (χ2n) is 6.06. The predicted octanol–water partition coefficient (Wildman–Crippen LogP) is 1.46. The van der Waals surface area contributed by atoms with Crippen molar-refractivity contribution < 1.29 is 0 Å². The van der Waals surface area contributed by atoms with Gasteiger partial charge < -0.3 is 20.4 Å². The van der Waals surface area contributed by atoms with Gasteiger partial charge in [0, 0.05) is 59.5 Å². The first-order chi connectivity index (χ1) is 9.45. The van der Waals surface area contributed by atoms with Crippen LogP contribution in [0.25, 0.3) is 0 Å². The average molecular weight is 250 g/mol. The van der Waals surface area contributed by atoms with Crippen LogP contribution in [-0.4, -0.2) is 12.3 Å². The Morgan fingerprint density at radius 3 is 2.00 bits per heavy atom. The summed E-state index contributed by atoms with van der Waals surface area (Å²) in [6, 6.07) is 6.72. The smallest absolute Gasteiger partial charge is 0.107 e. The zero-order chi connectivity index (χ0) is 12.1. The summed E-state index contributed by atoms with van der Waals surface area (Å²) in [4.78, 5) is 4.84. The lowest BCUT2D eigenvalue weighted by Crippen LogP contribution is -2.41. The van der Waals surface area contributed by atoms with Gasteiger partial charge in [0.25, 0.3) is 0 Å². The van der Waals surface area contributed by atoms with Crippen LogP contribution in [0.3, 0.4) is 0 Å². The van der Waals surface area contributed by atoms with E-state index in [0.717, 1.165) is 17.8 Å². The molecule has 0 spiro atoms. The second-order valence-corrected chi connectivity index (χ2v) is 6.06. The second kappa shape index (κ2) is 2.59. The first-order valence-electron chi connectivity index (χ1n) is 7.00. The van der Waals surface area contributed by atoms with Crippen molar-refractivity contribution in [3.8, 4) is 0 Å². The first kappa shape index (κ1) is 8.91. The van der Waals surface area contributed by atoms with Crippen molar-refractivity contribution in [3.05, 3.63) is 48.6 Å². The van der Waals surface area contributed by atoms with Crippen LogP contribution in [0.5, 0.6) is 0 Å². The molecule has 5 aliphatic rings. The van der Waals surface area contributed by atoms with Gasteiger partial charge in [-0.2, -0.15) is 0 Å². The zero-order valence-electron chi connectivity index (χ0n) is 10.3. The van der Waals surface area contributed by atoms with Crippen molar-refractivity contribution >= 4 is 11.4 Å². The summed E-state index contributed by atoms with van der Waals surface area (Å²) >= 11 is 0. The van der Waals surface area contributed by atoms with E-state index in [0.29, 0.717) is 12.3 Å². The molecule has 4 aliphatic heterocycles. The van der Waals surface area contributed by atoms with Gasteiger partial charge in [-0.1, -0.05) is 6.07 Å². The molecule has 94 valence electrons. The Bertz CT molecular complexity index is 612. The maximum Gasteiger partial charge on any atom is 0.107 e. The van der Waals surface area contributed by atoms with Gasteiger partial charge >= 0.3 is 0 Å². The summed E-state index contributed by atoms with van der Waals surface area (Å²) in [6.07, 6.45) is 9.49. The van der Waals surface area contributed by atoms with Crippen molar-refractivity contribution in [2.75, 3.05) is 9.80 Å². The molecule has 4 atom stereocenters. The molecule has 1 fully saturated rings. The number of rotatable bonds is 0. The molecular formula is C15H14N4. The molecule has 0 aromatic heterocycles. The Morgan fingerprint density at radius 1 is 0.842 bits per heavy atom.